The Labute approximate surface area is 124 Å². The topological polar surface area (TPSA) is 42.2 Å². The Hall–Kier alpha value is -2.07. The molecule has 4 heteroatoms. The molecule has 1 N–H and O–H groups in total. The highest BCUT2D eigenvalue weighted by Gasteiger charge is 2.14. The lowest BCUT2D eigenvalue weighted by Crippen LogP contribution is -2.11. The minimum atomic E-state index is -0.248. The standard InChI is InChI=1S/C16H12BrNO2/c1-10-5-2-3-8-13(10)18-16(19)14-9-11-6-4-7-12(17)15(11)20-14/h2-9H,1H3,(H,18,19). The minimum absolute atomic E-state index is 0.248. The average molecular weight is 330 g/mol. The maximum atomic E-state index is 12.2. The molecule has 0 bridgehead atoms. The number of rotatable bonds is 2. The monoisotopic (exact) mass is 329 g/mol. The van der Waals surface area contributed by atoms with Gasteiger partial charge in [0.05, 0.1) is 4.47 Å². The number of para-hydroxylation sites is 2. The molecule has 0 fully saturated rings. The third kappa shape index (κ3) is 2.34. The van der Waals surface area contributed by atoms with Crippen LogP contribution in [0, 0.1) is 6.92 Å². The van der Waals surface area contributed by atoms with Crippen LogP contribution in [0.25, 0.3) is 11.0 Å². The minimum Gasteiger partial charge on any atom is -0.450 e. The Morgan fingerprint density at radius 2 is 1.95 bits per heavy atom. The summed E-state index contributed by atoms with van der Waals surface area (Å²) < 4.78 is 6.45. The summed E-state index contributed by atoms with van der Waals surface area (Å²) in [6.07, 6.45) is 0. The second-order valence-corrected chi connectivity index (χ2v) is 5.39. The molecule has 20 heavy (non-hydrogen) atoms. The van der Waals surface area contributed by atoms with Crippen molar-refractivity contribution in [2.75, 3.05) is 5.32 Å². The number of benzene rings is 2. The zero-order chi connectivity index (χ0) is 14.1. The number of carbonyl (C=O) groups is 1. The van der Waals surface area contributed by atoms with Crippen molar-refractivity contribution in [3.8, 4) is 0 Å². The van der Waals surface area contributed by atoms with Gasteiger partial charge in [-0.25, -0.2) is 0 Å². The number of anilines is 1. The Balaban J connectivity index is 1.93. The van der Waals surface area contributed by atoms with Gasteiger partial charge in [-0.1, -0.05) is 30.3 Å². The maximum Gasteiger partial charge on any atom is 0.291 e. The van der Waals surface area contributed by atoms with E-state index in [1.54, 1.807) is 6.07 Å². The van der Waals surface area contributed by atoms with Crippen LogP contribution in [0.3, 0.4) is 0 Å². The van der Waals surface area contributed by atoms with Gasteiger partial charge in [0, 0.05) is 11.1 Å². The molecule has 100 valence electrons. The Morgan fingerprint density at radius 3 is 2.70 bits per heavy atom. The van der Waals surface area contributed by atoms with E-state index in [4.69, 9.17) is 4.42 Å². The zero-order valence-corrected chi connectivity index (χ0v) is 12.4. The third-order valence-corrected chi connectivity index (χ3v) is 3.74. The molecule has 3 nitrogen and oxygen atoms in total. The summed E-state index contributed by atoms with van der Waals surface area (Å²) in [4.78, 5) is 12.2. The Bertz CT molecular complexity index is 792. The number of amides is 1. The quantitative estimate of drug-likeness (QED) is 0.736. The number of fused-ring (bicyclic) bond motifs is 1. The smallest absolute Gasteiger partial charge is 0.291 e. The number of hydrogen-bond donors (Lipinski definition) is 1. The number of hydrogen-bond acceptors (Lipinski definition) is 2. The Kier molecular flexibility index (Phi) is 3.32. The molecule has 0 saturated heterocycles. The predicted octanol–water partition coefficient (Wildman–Crippen LogP) is 4.76. The first-order chi connectivity index (χ1) is 9.65. The van der Waals surface area contributed by atoms with Gasteiger partial charge in [-0.2, -0.15) is 0 Å². The van der Waals surface area contributed by atoms with Gasteiger partial charge in [0.25, 0.3) is 5.91 Å². The highest BCUT2D eigenvalue weighted by Crippen LogP contribution is 2.27. The average Bonchev–Trinajstić information content (AvgIpc) is 2.87. The van der Waals surface area contributed by atoms with Crippen molar-refractivity contribution in [3.63, 3.8) is 0 Å². The molecule has 1 amide bonds. The highest BCUT2D eigenvalue weighted by molar-refractivity contribution is 9.10. The molecule has 0 radical (unpaired) electrons. The molecule has 0 aliphatic carbocycles. The van der Waals surface area contributed by atoms with E-state index in [9.17, 15) is 4.79 Å². The van der Waals surface area contributed by atoms with Crippen molar-refractivity contribution in [1.82, 2.24) is 0 Å². The van der Waals surface area contributed by atoms with E-state index in [0.29, 0.717) is 11.3 Å². The van der Waals surface area contributed by atoms with Crippen LogP contribution in [0.15, 0.2) is 57.4 Å². The largest absolute Gasteiger partial charge is 0.450 e. The van der Waals surface area contributed by atoms with Gasteiger partial charge in [0.2, 0.25) is 0 Å². The normalized spacial score (nSPS) is 10.7. The molecule has 0 spiro atoms. The van der Waals surface area contributed by atoms with Crippen LogP contribution >= 0.6 is 15.9 Å². The van der Waals surface area contributed by atoms with Crippen LogP contribution in [-0.4, -0.2) is 5.91 Å². The first kappa shape index (κ1) is 12.9. The lowest BCUT2D eigenvalue weighted by atomic mass is 10.2. The summed E-state index contributed by atoms with van der Waals surface area (Å²) in [6.45, 7) is 1.95. The molecule has 2 aromatic carbocycles. The number of halogens is 1. The van der Waals surface area contributed by atoms with Gasteiger partial charge in [-0.15, -0.1) is 0 Å². The van der Waals surface area contributed by atoms with Gasteiger partial charge in [0.1, 0.15) is 5.58 Å². The highest BCUT2D eigenvalue weighted by atomic mass is 79.9. The van der Waals surface area contributed by atoms with E-state index in [2.05, 4.69) is 21.2 Å². The van der Waals surface area contributed by atoms with Crippen LogP contribution in [0.2, 0.25) is 0 Å². The molecule has 1 aromatic heterocycles. The van der Waals surface area contributed by atoms with Crippen LogP contribution < -0.4 is 5.32 Å². The van der Waals surface area contributed by atoms with Crippen molar-refractivity contribution in [1.29, 1.82) is 0 Å². The lowest BCUT2D eigenvalue weighted by Gasteiger charge is -2.05. The van der Waals surface area contributed by atoms with Crippen LogP contribution in [0.4, 0.5) is 5.69 Å². The van der Waals surface area contributed by atoms with E-state index in [1.807, 2.05) is 49.4 Å². The van der Waals surface area contributed by atoms with E-state index in [0.717, 1.165) is 21.1 Å². The molecular formula is C16H12BrNO2. The molecule has 0 saturated carbocycles. The second kappa shape index (κ2) is 5.13. The van der Waals surface area contributed by atoms with Crippen LogP contribution in [0.5, 0.6) is 0 Å². The zero-order valence-electron chi connectivity index (χ0n) is 10.8. The molecule has 0 aliphatic rings. The van der Waals surface area contributed by atoms with Crippen molar-refractivity contribution in [2.24, 2.45) is 0 Å². The fourth-order valence-electron chi connectivity index (χ4n) is 2.04. The van der Waals surface area contributed by atoms with Gasteiger partial charge >= 0.3 is 0 Å². The number of aryl methyl sites for hydroxylation is 1. The number of carbonyl (C=O) groups excluding carboxylic acids is 1. The van der Waals surface area contributed by atoms with E-state index >= 15 is 0 Å². The summed E-state index contributed by atoms with van der Waals surface area (Å²) >= 11 is 3.41. The second-order valence-electron chi connectivity index (χ2n) is 4.54. The summed E-state index contributed by atoms with van der Waals surface area (Å²) in [5, 5.41) is 3.76. The number of nitrogens with one attached hydrogen (secondary N) is 1. The Morgan fingerprint density at radius 1 is 1.15 bits per heavy atom. The van der Waals surface area contributed by atoms with Gasteiger partial charge < -0.3 is 9.73 Å². The summed E-state index contributed by atoms with van der Waals surface area (Å²) in [5.74, 6) is 0.0533. The molecule has 3 rings (SSSR count). The first-order valence-electron chi connectivity index (χ1n) is 6.20. The van der Waals surface area contributed by atoms with Gasteiger partial charge in [-0.05, 0) is 46.6 Å². The van der Waals surface area contributed by atoms with E-state index in [1.165, 1.54) is 0 Å². The SMILES string of the molecule is Cc1ccccc1NC(=O)c1cc2cccc(Br)c2o1. The van der Waals surface area contributed by atoms with Crippen LogP contribution in [-0.2, 0) is 0 Å². The molecule has 0 atom stereocenters. The van der Waals surface area contributed by atoms with Crippen LogP contribution in [0.1, 0.15) is 16.1 Å². The fourth-order valence-corrected chi connectivity index (χ4v) is 2.50. The summed E-state index contributed by atoms with van der Waals surface area (Å²) in [5.41, 5.74) is 2.48. The van der Waals surface area contributed by atoms with Gasteiger partial charge in [-0.3, -0.25) is 4.79 Å². The van der Waals surface area contributed by atoms with Crippen molar-refractivity contribution in [2.45, 2.75) is 6.92 Å². The number of furan rings is 1. The van der Waals surface area contributed by atoms with Crippen molar-refractivity contribution >= 4 is 38.5 Å². The third-order valence-electron chi connectivity index (χ3n) is 3.11. The van der Waals surface area contributed by atoms with Crippen molar-refractivity contribution in [3.05, 3.63) is 64.3 Å². The summed E-state index contributed by atoms with van der Waals surface area (Å²) in [6, 6.07) is 15.1. The molecule has 0 unspecified atom stereocenters. The first-order valence-corrected chi connectivity index (χ1v) is 6.99. The molecule has 1 heterocycles. The van der Waals surface area contributed by atoms with E-state index in [-0.39, 0.29) is 5.91 Å². The lowest BCUT2D eigenvalue weighted by molar-refractivity contribution is 0.0998. The predicted molar refractivity (Wildman–Crippen MR) is 83.0 cm³/mol. The molecule has 0 aliphatic heterocycles. The summed E-state index contributed by atoms with van der Waals surface area (Å²) in [7, 11) is 0. The van der Waals surface area contributed by atoms with Crippen molar-refractivity contribution < 1.29 is 9.21 Å². The fraction of sp³-hybridized carbons (Fsp3) is 0.0625. The van der Waals surface area contributed by atoms with Gasteiger partial charge in [0.15, 0.2) is 5.76 Å². The molecule has 3 aromatic rings. The maximum absolute atomic E-state index is 12.2. The molecular weight excluding hydrogens is 318 g/mol. The van der Waals surface area contributed by atoms with E-state index < -0.39 is 0 Å².